The van der Waals surface area contributed by atoms with Gasteiger partial charge in [-0.2, -0.15) is 0 Å². The van der Waals surface area contributed by atoms with Crippen LogP contribution in [-0.4, -0.2) is 17.0 Å². The van der Waals surface area contributed by atoms with Gasteiger partial charge in [0.15, 0.2) is 0 Å². The van der Waals surface area contributed by atoms with Crippen LogP contribution in [-0.2, 0) is 0 Å². The summed E-state index contributed by atoms with van der Waals surface area (Å²) in [5, 5.41) is 12.0. The topological polar surface area (TPSA) is 66.4 Å². The van der Waals surface area contributed by atoms with E-state index in [1.807, 2.05) is 12.1 Å². The third-order valence-corrected chi connectivity index (χ3v) is 4.91. The number of benzene rings is 2. The van der Waals surface area contributed by atoms with Gasteiger partial charge in [0.1, 0.15) is 0 Å². The molecule has 0 radical (unpaired) electrons. The van der Waals surface area contributed by atoms with Crippen LogP contribution in [0.2, 0.25) is 0 Å². The lowest BCUT2D eigenvalue weighted by atomic mass is 9.84. The Balaban J connectivity index is 1.76. The molecule has 0 spiro atoms. The van der Waals surface area contributed by atoms with Crippen molar-refractivity contribution in [2.75, 3.05) is 5.32 Å². The van der Waals surface area contributed by atoms with Crippen molar-refractivity contribution in [2.45, 2.75) is 38.0 Å². The van der Waals surface area contributed by atoms with Gasteiger partial charge >= 0.3 is 5.97 Å². The molecule has 0 bridgehead atoms. The highest BCUT2D eigenvalue weighted by atomic mass is 16.4. The highest BCUT2D eigenvalue weighted by molar-refractivity contribution is 6.07. The van der Waals surface area contributed by atoms with Crippen molar-refractivity contribution in [1.82, 2.24) is 0 Å². The Morgan fingerprint density at radius 2 is 1.73 bits per heavy atom. The lowest BCUT2D eigenvalue weighted by Crippen LogP contribution is -2.15. The van der Waals surface area contributed by atoms with Crippen molar-refractivity contribution in [2.24, 2.45) is 0 Å². The maximum atomic E-state index is 12.5. The molecular formula is C22H21NO3. The number of nitrogens with one attached hydrogen (secondary N) is 1. The lowest BCUT2D eigenvalue weighted by Gasteiger charge is -2.22. The van der Waals surface area contributed by atoms with Crippen molar-refractivity contribution >= 4 is 17.6 Å². The number of carboxylic acids is 1. The molecule has 132 valence electrons. The van der Waals surface area contributed by atoms with Crippen LogP contribution in [0.15, 0.2) is 42.5 Å². The third-order valence-electron chi connectivity index (χ3n) is 4.91. The predicted octanol–water partition coefficient (Wildman–Crippen LogP) is 4.67. The van der Waals surface area contributed by atoms with Gasteiger partial charge in [-0.15, -0.1) is 6.42 Å². The van der Waals surface area contributed by atoms with E-state index in [-0.39, 0.29) is 17.2 Å². The molecular weight excluding hydrogens is 326 g/mol. The Hall–Kier alpha value is -3.06. The zero-order chi connectivity index (χ0) is 18.5. The number of terminal acetylenes is 1. The normalized spacial score (nSPS) is 14.4. The van der Waals surface area contributed by atoms with E-state index in [9.17, 15) is 14.7 Å². The molecule has 0 aliphatic heterocycles. The zero-order valence-corrected chi connectivity index (χ0v) is 14.5. The number of carbonyl (C=O) groups is 2. The number of hydrogen-bond donors (Lipinski definition) is 2. The molecule has 26 heavy (non-hydrogen) atoms. The summed E-state index contributed by atoms with van der Waals surface area (Å²) in [6.07, 6.45) is 11.5. The van der Waals surface area contributed by atoms with E-state index in [1.165, 1.54) is 49.8 Å². The maximum absolute atomic E-state index is 12.5. The lowest BCUT2D eigenvalue weighted by molar-refractivity contribution is 0.0698. The van der Waals surface area contributed by atoms with E-state index in [0.717, 1.165) is 0 Å². The van der Waals surface area contributed by atoms with E-state index >= 15 is 0 Å². The first-order valence-corrected chi connectivity index (χ1v) is 8.84. The monoisotopic (exact) mass is 347 g/mol. The fourth-order valence-electron chi connectivity index (χ4n) is 3.46. The van der Waals surface area contributed by atoms with Crippen molar-refractivity contribution < 1.29 is 14.7 Å². The van der Waals surface area contributed by atoms with Crippen LogP contribution in [0.25, 0.3) is 0 Å². The number of rotatable bonds is 4. The molecule has 0 saturated heterocycles. The standard InChI is InChI=1S/C22H21NO3/c1-2-15-8-13-20(19(14-15)22(25)26)23-21(24)18-11-9-17(10-12-18)16-6-4-3-5-7-16/h1,8-14,16H,3-7H2,(H,23,24)(H,25,26). The SMILES string of the molecule is C#Cc1ccc(NC(=O)c2ccc(C3CCCCC3)cc2)c(C(=O)O)c1. The molecule has 1 aliphatic carbocycles. The summed E-state index contributed by atoms with van der Waals surface area (Å²) in [5.74, 6) is 1.50. The number of aromatic carboxylic acids is 1. The summed E-state index contributed by atoms with van der Waals surface area (Å²) in [6.45, 7) is 0. The predicted molar refractivity (Wildman–Crippen MR) is 102 cm³/mol. The summed E-state index contributed by atoms with van der Waals surface area (Å²) in [4.78, 5) is 23.9. The minimum Gasteiger partial charge on any atom is -0.478 e. The van der Waals surface area contributed by atoms with Gasteiger partial charge in [-0.25, -0.2) is 4.79 Å². The Kier molecular flexibility index (Phi) is 5.38. The molecule has 1 amide bonds. The van der Waals surface area contributed by atoms with Gasteiger partial charge in [0.05, 0.1) is 11.3 Å². The highest BCUT2D eigenvalue weighted by Crippen LogP contribution is 2.32. The van der Waals surface area contributed by atoms with Crippen molar-refractivity contribution in [3.8, 4) is 12.3 Å². The first kappa shape index (κ1) is 17.8. The number of carbonyl (C=O) groups excluding carboxylic acids is 1. The Bertz CT molecular complexity index is 856. The number of anilines is 1. The van der Waals surface area contributed by atoms with Gasteiger partial charge in [-0.05, 0) is 54.7 Å². The molecule has 0 aromatic heterocycles. The van der Waals surface area contributed by atoms with E-state index in [4.69, 9.17) is 6.42 Å². The van der Waals surface area contributed by atoms with Gasteiger partial charge in [-0.3, -0.25) is 4.79 Å². The molecule has 2 aromatic carbocycles. The zero-order valence-electron chi connectivity index (χ0n) is 14.5. The largest absolute Gasteiger partial charge is 0.478 e. The average molecular weight is 347 g/mol. The minimum atomic E-state index is -1.13. The molecule has 1 fully saturated rings. The van der Waals surface area contributed by atoms with Crippen LogP contribution in [0.5, 0.6) is 0 Å². The first-order chi connectivity index (χ1) is 12.6. The fraction of sp³-hybridized carbons (Fsp3) is 0.273. The number of carboxylic acid groups (broad SMARTS) is 1. The van der Waals surface area contributed by atoms with Crippen LogP contribution in [0, 0.1) is 12.3 Å². The molecule has 0 heterocycles. The molecule has 4 heteroatoms. The minimum absolute atomic E-state index is 0.0207. The summed E-state index contributed by atoms with van der Waals surface area (Å²) < 4.78 is 0. The van der Waals surface area contributed by atoms with Gasteiger partial charge < -0.3 is 10.4 Å². The third kappa shape index (κ3) is 3.94. The molecule has 0 atom stereocenters. The average Bonchev–Trinajstić information content (AvgIpc) is 2.69. The molecule has 2 aromatic rings. The Morgan fingerprint density at radius 3 is 2.35 bits per heavy atom. The van der Waals surface area contributed by atoms with Crippen LogP contribution in [0.3, 0.4) is 0 Å². The molecule has 0 unspecified atom stereocenters. The number of hydrogen-bond acceptors (Lipinski definition) is 2. The smallest absolute Gasteiger partial charge is 0.337 e. The van der Waals surface area contributed by atoms with E-state index in [1.54, 1.807) is 18.2 Å². The molecule has 4 nitrogen and oxygen atoms in total. The summed E-state index contributed by atoms with van der Waals surface area (Å²) in [5.41, 5.74) is 2.44. The second-order valence-corrected chi connectivity index (χ2v) is 6.62. The second kappa shape index (κ2) is 7.88. The Labute approximate surface area is 153 Å². The molecule has 2 N–H and O–H groups in total. The van der Waals surface area contributed by atoms with Crippen molar-refractivity contribution in [1.29, 1.82) is 0 Å². The first-order valence-electron chi connectivity index (χ1n) is 8.84. The summed E-state index contributed by atoms with van der Waals surface area (Å²) >= 11 is 0. The van der Waals surface area contributed by atoms with Crippen LogP contribution < -0.4 is 5.32 Å². The fourth-order valence-corrected chi connectivity index (χ4v) is 3.46. The van der Waals surface area contributed by atoms with E-state index in [2.05, 4.69) is 11.2 Å². The van der Waals surface area contributed by atoms with Crippen LogP contribution in [0.1, 0.15) is 69.9 Å². The van der Waals surface area contributed by atoms with Crippen LogP contribution >= 0.6 is 0 Å². The summed E-state index contributed by atoms with van der Waals surface area (Å²) in [6, 6.07) is 12.1. The highest BCUT2D eigenvalue weighted by Gasteiger charge is 2.17. The molecule has 3 rings (SSSR count). The van der Waals surface area contributed by atoms with Gasteiger partial charge in [0.25, 0.3) is 5.91 Å². The van der Waals surface area contributed by atoms with Crippen molar-refractivity contribution in [3.05, 3.63) is 64.7 Å². The van der Waals surface area contributed by atoms with Gasteiger partial charge in [-0.1, -0.05) is 37.3 Å². The van der Waals surface area contributed by atoms with E-state index < -0.39 is 5.97 Å². The molecule has 1 aliphatic rings. The summed E-state index contributed by atoms with van der Waals surface area (Å²) in [7, 11) is 0. The van der Waals surface area contributed by atoms with Crippen molar-refractivity contribution in [3.63, 3.8) is 0 Å². The van der Waals surface area contributed by atoms with Gasteiger partial charge in [0.2, 0.25) is 0 Å². The van der Waals surface area contributed by atoms with Gasteiger partial charge in [0, 0.05) is 11.1 Å². The van der Waals surface area contributed by atoms with Crippen LogP contribution in [0.4, 0.5) is 5.69 Å². The number of amides is 1. The Morgan fingerprint density at radius 1 is 1.04 bits per heavy atom. The second-order valence-electron chi connectivity index (χ2n) is 6.62. The molecule has 1 saturated carbocycles. The van der Waals surface area contributed by atoms with E-state index in [0.29, 0.717) is 17.0 Å². The maximum Gasteiger partial charge on any atom is 0.337 e. The quantitative estimate of drug-likeness (QED) is 0.790.